The first-order chi connectivity index (χ1) is 8.91. The van der Waals surface area contributed by atoms with Crippen LogP contribution in [0.3, 0.4) is 0 Å². The quantitative estimate of drug-likeness (QED) is 0.199. The molecule has 12 nitrogen and oxygen atoms in total. The van der Waals surface area contributed by atoms with Gasteiger partial charge in [0.1, 0.15) is 18.3 Å². The zero-order valence-corrected chi connectivity index (χ0v) is 17.2. The summed E-state index contributed by atoms with van der Waals surface area (Å²) in [7, 11) is -10.1. The third kappa shape index (κ3) is 8.61. The number of hydrogen-bond acceptors (Lipinski definition) is 11. The van der Waals surface area contributed by atoms with E-state index in [1.54, 1.807) is 0 Å². The first kappa shape index (κ1) is 25.8. The van der Waals surface area contributed by atoms with Gasteiger partial charge in [-0.15, -0.1) is 0 Å². The van der Waals surface area contributed by atoms with E-state index in [0.29, 0.717) is 0 Å². The van der Waals surface area contributed by atoms with Gasteiger partial charge in [0, 0.05) is 0 Å². The number of rotatable bonds is 5. The van der Waals surface area contributed by atoms with E-state index in [4.69, 9.17) is 0 Å². The van der Waals surface area contributed by atoms with Gasteiger partial charge < -0.3 is 29.2 Å². The van der Waals surface area contributed by atoms with Crippen molar-refractivity contribution >= 4 is 20.7 Å². The predicted octanol–water partition coefficient (Wildman–Crippen LogP) is -10.7. The predicted molar refractivity (Wildman–Crippen MR) is 55.2 cm³/mol. The second-order valence-corrected chi connectivity index (χ2v) is 6.03. The van der Waals surface area contributed by atoms with Crippen LogP contribution in [-0.2, 0) is 29.6 Å². The first-order valence-corrected chi connectivity index (χ1v) is 7.68. The smallest absolute Gasteiger partial charge is 0.735 e. The topological polar surface area (TPSA) is 206 Å². The maximum atomic E-state index is 10.5. The monoisotopic (exact) mass is 383 g/mol. The van der Waals surface area contributed by atoms with Crippen molar-refractivity contribution < 1.29 is 109 Å². The molecule has 0 radical (unpaired) electrons. The number of aliphatic hydroxyl groups is 3. The largest absolute Gasteiger partial charge is 1.00 e. The molecule has 1 aliphatic rings. The molecule has 0 aromatic heterocycles. The van der Waals surface area contributed by atoms with E-state index in [1.165, 1.54) is 4.72 Å². The Morgan fingerprint density at radius 3 is 1.95 bits per heavy atom. The van der Waals surface area contributed by atoms with Crippen LogP contribution < -0.4 is 63.8 Å². The maximum Gasteiger partial charge on any atom is 1.00 e. The minimum atomic E-state index is -5.09. The Bertz CT molecular complexity index is 537. The van der Waals surface area contributed by atoms with Crippen LogP contribution in [0.2, 0.25) is 0 Å². The minimum Gasteiger partial charge on any atom is -0.735 e. The molecule has 16 heteroatoms. The van der Waals surface area contributed by atoms with Gasteiger partial charge in [0.25, 0.3) is 0 Å². The third-order valence-electron chi connectivity index (χ3n) is 2.38. The number of aliphatic hydroxyl groups excluding tert-OH is 3. The molecule has 120 valence electrons. The first-order valence-electron chi connectivity index (χ1n) is 4.94. The molecule has 0 spiro atoms. The average molecular weight is 383 g/mol. The molecule has 1 aliphatic heterocycles. The van der Waals surface area contributed by atoms with Gasteiger partial charge >= 0.3 is 59.1 Å². The Morgan fingerprint density at radius 2 is 1.55 bits per heavy atom. The number of hydrogen-bond donors (Lipinski definition) is 4. The number of ether oxygens (including phenoxy) is 1. The van der Waals surface area contributed by atoms with E-state index >= 15 is 0 Å². The van der Waals surface area contributed by atoms with Gasteiger partial charge in [0.05, 0.1) is 12.6 Å². The molecular formula is C6H11NNa2O11S2. The Kier molecular flexibility index (Phi) is 11.6. The van der Waals surface area contributed by atoms with E-state index in [2.05, 4.69) is 8.92 Å². The molecule has 0 aliphatic carbocycles. The van der Waals surface area contributed by atoms with Crippen LogP contribution in [0, 0.1) is 0 Å². The van der Waals surface area contributed by atoms with E-state index < -0.39 is 58.0 Å². The molecule has 4 unspecified atom stereocenters. The van der Waals surface area contributed by atoms with E-state index in [1.807, 2.05) is 0 Å². The zero-order valence-electron chi connectivity index (χ0n) is 11.5. The second kappa shape index (κ2) is 9.91. The van der Waals surface area contributed by atoms with Crippen LogP contribution in [0.1, 0.15) is 0 Å². The summed E-state index contributed by atoms with van der Waals surface area (Å²) in [6, 6.07) is -1.87. The molecule has 5 atom stereocenters. The Balaban J connectivity index is 0. The van der Waals surface area contributed by atoms with Crippen molar-refractivity contribution in [2.24, 2.45) is 0 Å². The standard InChI is InChI=1S/C6H13NO11S2.2Na/c8-4-2(1-17-20(14,15)16)18-6(10)3(5(4)9)7-19(11,12)13;;/h2-10H,1H2,(H,11,12,13)(H,14,15,16);;/q;2*+1/p-2/t2?,3?,4-,5?,6?;;/m0../s1. The Morgan fingerprint density at radius 1 is 1.05 bits per heavy atom. The fourth-order valence-electron chi connectivity index (χ4n) is 1.53. The molecule has 0 bridgehead atoms. The van der Waals surface area contributed by atoms with Crippen molar-refractivity contribution in [3.05, 3.63) is 0 Å². The van der Waals surface area contributed by atoms with Crippen LogP contribution in [0.15, 0.2) is 0 Å². The molecule has 0 saturated carbocycles. The van der Waals surface area contributed by atoms with Gasteiger partial charge in [-0.3, -0.25) is 4.18 Å². The molecule has 1 fully saturated rings. The number of nitrogens with one attached hydrogen (secondary N) is 1. The van der Waals surface area contributed by atoms with Crippen molar-refractivity contribution in [3.63, 3.8) is 0 Å². The minimum absolute atomic E-state index is 0. The summed E-state index contributed by atoms with van der Waals surface area (Å²) in [5.74, 6) is 0. The maximum absolute atomic E-state index is 10.5. The summed E-state index contributed by atoms with van der Waals surface area (Å²) >= 11 is 0. The van der Waals surface area contributed by atoms with Crippen LogP contribution in [0.5, 0.6) is 0 Å². The summed E-state index contributed by atoms with van der Waals surface area (Å²) in [6.45, 7) is -1.02. The third-order valence-corrected chi connectivity index (χ3v) is 3.36. The molecular weight excluding hydrogens is 372 g/mol. The summed E-state index contributed by atoms with van der Waals surface area (Å²) in [6.07, 6.45) is -7.61. The summed E-state index contributed by atoms with van der Waals surface area (Å²) < 4.78 is 71.7. The van der Waals surface area contributed by atoms with Crippen molar-refractivity contribution in [2.45, 2.75) is 30.6 Å². The summed E-state index contributed by atoms with van der Waals surface area (Å²) in [4.78, 5) is 0. The van der Waals surface area contributed by atoms with Crippen LogP contribution in [0.4, 0.5) is 0 Å². The van der Waals surface area contributed by atoms with Gasteiger partial charge in [0.2, 0.25) is 10.4 Å². The Hall–Kier alpha value is 1.58. The molecule has 4 N–H and O–H groups in total. The van der Waals surface area contributed by atoms with Crippen molar-refractivity contribution in [1.82, 2.24) is 4.72 Å². The molecule has 0 aromatic rings. The van der Waals surface area contributed by atoms with Crippen LogP contribution >= 0.6 is 0 Å². The molecule has 1 heterocycles. The van der Waals surface area contributed by atoms with E-state index in [-0.39, 0.29) is 59.1 Å². The van der Waals surface area contributed by atoms with E-state index in [9.17, 15) is 41.3 Å². The Labute approximate surface area is 170 Å². The van der Waals surface area contributed by atoms with Crippen molar-refractivity contribution in [1.29, 1.82) is 0 Å². The van der Waals surface area contributed by atoms with Gasteiger partial charge in [0.15, 0.2) is 16.6 Å². The zero-order chi connectivity index (χ0) is 15.7. The fourth-order valence-corrected chi connectivity index (χ4v) is 2.42. The van der Waals surface area contributed by atoms with Gasteiger partial charge in [-0.05, 0) is 0 Å². The molecule has 22 heavy (non-hydrogen) atoms. The molecule has 0 amide bonds. The van der Waals surface area contributed by atoms with Crippen LogP contribution in [-0.4, -0.2) is 78.5 Å². The summed E-state index contributed by atoms with van der Waals surface area (Å²) in [5, 5.41) is 28.4. The van der Waals surface area contributed by atoms with E-state index in [0.717, 1.165) is 0 Å². The molecule has 1 rings (SSSR count). The normalized spacial score (nSPS) is 32.7. The molecule has 1 saturated heterocycles. The van der Waals surface area contributed by atoms with Crippen molar-refractivity contribution in [2.75, 3.05) is 6.61 Å². The van der Waals surface area contributed by atoms with Crippen LogP contribution in [0.25, 0.3) is 0 Å². The van der Waals surface area contributed by atoms with Gasteiger partial charge in [-0.25, -0.2) is 21.6 Å². The van der Waals surface area contributed by atoms with Gasteiger partial charge in [-0.1, -0.05) is 0 Å². The van der Waals surface area contributed by atoms with Crippen molar-refractivity contribution in [3.8, 4) is 0 Å². The second-order valence-electron chi connectivity index (χ2n) is 3.84. The van der Waals surface area contributed by atoms with Gasteiger partial charge in [-0.2, -0.15) is 0 Å². The average Bonchev–Trinajstić information content (AvgIpc) is 2.25. The molecule has 0 aromatic carbocycles. The fraction of sp³-hybridized carbons (Fsp3) is 1.00. The SMILES string of the molecule is O=S(=O)([O-])NC1C(O)OC(COS(=O)(=O)[O-])[C@H](O)C1O.[Na+].[Na+]. The summed E-state index contributed by atoms with van der Waals surface area (Å²) in [5.41, 5.74) is 0.